The Morgan fingerprint density at radius 1 is 0.974 bits per heavy atom. The van der Waals surface area contributed by atoms with Crippen LogP contribution in [0, 0.1) is 5.82 Å². The second-order valence-electron chi connectivity index (χ2n) is 9.41. The number of aliphatic hydroxyl groups excluding tert-OH is 1. The first-order chi connectivity index (χ1) is 17.9. The number of ketones is 3. The third-order valence-corrected chi connectivity index (χ3v) is 7.07. The van der Waals surface area contributed by atoms with Crippen LogP contribution in [0.4, 0.5) is 10.1 Å². The van der Waals surface area contributed by atoms with E-state index in [1.165, 1.54) is 30.3 Å². The first-order valence-corrected chi connectivity index (χ1v) is 13.9. The van der Waals surface area contributed by atoms with Gasteiger partial charge >= 0.3 is 0 Å². The Morgan fingerprint density at radius 3 is 2.26 bits per heavy atom. The molecule has 7 nitrogen and oxygen atoms in total. The summed E-state index contributed by atoms with van der Waals surface area (Å²) in [4.78, 5) is 40.0. The molecule has 1 aliphatic rings. The van der Waals surface area contributed by atoms with Crippen molar-refractivity contribution >= 4 is 38.6 Å². The van der Waals surface area contributed by atoms with Crippen molar-refractivity contribution in [3.05, 3.63) is 106 Å². The lowest BCUT2D eigenvalue weighted by Crippen LogP contribution is -2.26. The molecule has 0 spiro atoms. The Balaban J connectivity index is 1.59. The number of Topliss-reactive ketones (excluding diaryl/α,β-unsaturated/α-hetero) is 3. The highest BCUT2D eigenvalue weighted by molar-refractivity contribution is 7.91. The lowest BCUT2D eigenvalue weighted by Gasteiger charge is -2.27. The van der Waals surface area contributed by atoms with Gasteiger partial charge in [-0.25, -0.2) is 12.8 Å². The number of sulfone groups is 1. The number of anilines is 1. The fraction of sp³-hybridized carbons (Fsp3) is 0.207. The average Bonchev–Trinajstić information content (AvgIpc) is 2.84. The molecule has 0 bridgehead atoms. The predicted molar refractivity (Wildman–Crippen MR) is 142 cm³/mol. The molecule has 196 valence electrons. The Morgan fingerprint density at radius 2 is 1.63 bits per heavy atom. The molecule has 0 radical (unpaired) electrons. The summed E-state index contributed by atoms with van der Waals surface area (Å²) in [6.07, 6.45) is 0.554. The highest BCUT2D eigenvalue weighted by atomic mass is 32.2. The van der Waals surface area contributed by atoms with Crippen molar-refractivity contribution in [2.45, 2.75) is 19.4 Å². The maximum absolute atomic E-state index is 14.6. The zero-order chi connectivity index (χ0) is 27.6. The molecule has 0 amide bonds. The SMILES string of the molecule is CN(Cc1ccccc1)c1cc(F)cc2c1CC(=O)C(C(=O)Cc1ccc(C(=O)CS(C)(=O)=O)cc1)=C2O. The molecule has 3 aromatic carbocycles. The maximum atomic E-state index is 14.6. The number of hydrogen-bond donors (Lipinski definition) is 1. The first kappa shape index (κ1) is 26.9. The van der Waals surface area contributed by atoms with Crippen LogP contribution >= 0.6 is 0 Å². The van der Waals surface area contributed by atoms with Crippen LogP contribution < -0.4 is 4.90 Å². The number of carbonyl (C=O) groups excluding carboxylic acids is 3. The molecular weight excluding hydrogens is 509 g/mol. The Hall–Kier alpha value is -4.11. The molecule has 0 heterocycles. The van der Waals surface area contributed by atoms with E-state index in [4.69, 9.17) is 0 Å². The van der Waals surface area contributed by atoms with E-state index >= 15 is 0 Å². The van der Waals surface area contributed by atoms with Crippen molar-refractivity contribution < 1.29 is 32.3 Å². The van der Waals surface area contributed by atoms with Gasteiger partial charge in [0.05, 0.1) is 0 Å². The summed E-state index contributed by atoms with van der Waals surface area (Å²) in [5.41, 5.74) is 2.23. The molecule has 4 rings (SSSR count). The standard InChI is InChI=1S/C29H26FNO6S/c1-31(16-19-6-4-3-5-7-19)24-14-21(30)13-23-22(24)15-26(33)28(29(23)35)25(32)12-18-8-10-20(11-9-18)27(34)17-38(2,36)37/h3-11,13-14,35H,12,15-17H2,1-2H3. The fourth-order valence-corrected chi connectivity index (χ4v) is 5.15. The lowest BCUT2D eigenvalue weighted by molar-refractivity contribution is -0.120. The normalized spacial score (nSPS) is 13.3. The molecule has 0 atom stereocenters. The van der Waals surface area contributed by atoms with Gasteiger partial charge in [0.2, 0.25) is 0 Å². The molecule has 0 aliphatic heterocycles. The summed E-state index contributed by atoms with van der Waals surface area (Å²) >= 11 is 0. The molecule has 0 aromatic heterocycles. The van der Waals surface area contributed by atoms with Crippen LogP contribution in [-0.2, 0) is 38.8 Å². The lowest BCUT2D eigenvalue weighted by atomic mass is 9.85. The van der Waals surface area contributed by atoms with Crippen LogP contribution in [0.5, 0.6) is 0 Å². The number of fused-ring (bicyclic) bond motifs is 1. The Kier molecular flexibility index (Phi) is 7.59. The number of aliphatic hydroxyl groups is 1. The third kappa shape index (κ3) is 6.06. The Bertz CT molecular complexity index is 1560. The van der Waals surface area contributed by atoms with Crippen LogP contribution in [0.3, 0.4) is 0 Å². The highest BCUT2D eigenvalue weighted by Gasteiger charge is 2.33. The molecule has 3 aromatic rings. The summed E-state index contributed by atoms with van der Waals surface area (Å²) in [5.74, 6) is -3.58. The zero-order valence-electron chi connectivity index (χ0n) is 20.9. The van der Waals surface area contributed by atoms with Gasteiger partial charge in [-0.1, -0.05) is 54.6 Å². The minimum atomic E-state index is -3.48. The van der Waals surface area contributed by atoms with Crippen LogP contribution in [0.1, 0.15) is 32.6 Å². The molecule has 9 heteroatoms. The molecule has 38 heavy (non-hydrogen) atoms. The largest absolute Gasteiger partial charge is 0.506 e. The first-order valence-electron chi connectivity index (χ1n) is 11.8. The van der Waals surface area contributed by atoms with Crippen molar-refractivity contribution in [1.82, 2.24) is 0 Å². The smallest absolute Gasteiger partial charge is 0.177 e. The van der Waals surface area contributed by atoms with Gasteiger partial charge in [0.15, 0.2) is 27.2 Å². The molecule has 0 saturated heterocycles. The van der Waals surface area contributed by atoms with Crippen molar-refractivity contribution in [1.29, 1.82) is 0 Å². The number of allylic oxidation sites excluding steroid dienone is 1. The monoisotopic (exact) mass is 535 g/mol. The number of nitrogens with zero attached hydrogens (tertiary/aromatic N) is 1. The van der Waals surface area contributed by atoms with E-state index in [-0.39, 0.29) is 24.0 Å². The van der Waals surface area contributed by atoms with Gasteiger partial charge in [-0.2, -0.15) is 0 Å². The van der Waals surface area contributed by atoms with E-state index in [1.807, 2.05) is 30.3 Å². The number of rotatable bonds is 9. The van der Waals surface area contributed by atoms with Gasteiger partial charge in [-0.3, -0.25) is 14.4 Å². The average molecular weight is 536 g/mol. The van der Waals surface area contributed by atoms with Crippen LogP contribution in [0.25, 0.3) is 5.76 Å². The van der Waals surface area contributed by atoms with E-state index in [9.17, 15) is 32.3 Å². The summed E-state index contributed by atoms with van der Waals surface area (Å²) in [6.45, 7) is 0.448. The van der Waals surface area contributed by atoms with Gasteiger partial charge < -0.3 is 10.0 Å². The van der Waals surface area contributed by atoms with E-state index in [1.54, 1.807) is 11.9 Å². The maximum Gasteiger partial charge on any atom is 0.177 e. The quantitative estimate of drug-likeness (QED) is 0.327. The van der Waals surface area contributed by atoms with Crippen molar-refractivity contribution in [2.75, 3.05) is 24.0 Å². The molecule has 0 unspecified atom stereocenters. The van der Waals surface area contributed by atoms with E-state index in [2.05, 4.69) is 0 Å². The van der Waals surface area contributed by atoms with Gasteiger partial charge in [0.25, 0.3) is 0 Å². The topological polar surface area (TPSA) is 109 Å². The third-order valence-electron chi connectivity index (χ3n) is 6.29. The van der Waals surface area contributed by atoms with Crippen LogP contribution in [0.15, 0.2) is 72.3 Å². The Labute approximate surface area is 220 Å². The van der Waals surface area contributed by atoms with Crippen molar-refractivity contribution in [3.63, 3.8) is 0 Å². The summed E-state index contributed by atoms with van der Waals surface area (Å²) < 4.78 is 37.3. The second-order valence-corrected chi connectivity index (χ2v) is 11.5. The summed E-state index contributed by atoms with van der Waals surface area (Å²) in [6, 6.07) is 17.7. The van der Waals surface area contributed by atoms with E-state index in [0.717, 1.165) is 17.9 Å². The molecule has 0 fully saturated rings. The molecule has 1 N–H and O–H groups in total. The number of benzene rings is 3. The predicted octanol–water partition coefficient (Wildman–Crippen LogP) is 3.90. The summed E-state index contributed by atoms with van der Waals surface area (Å²) in [7, 11) is -1.72. The zero-order valence-corrected chi connectivity index (χ0v) is 21.7. The van der Waals surface area contributed by atoms with Gasteiger partial charge in [-0.15, -0.1) is 0 Å². The van der Waals surface area contributed by atoms with Gasteiger partial charge in [0.1, 0.15) is 22.9 Å². The summed E-state index contributed by atoms with van der Waals surface area (Å²) in [5, 5.41) is 10.9. The van der Waals surface area contributed by atoms with Crippen LogP contribution in [0.2, 0.25) is 0 Å². The second kappa shape index (κ2) is 10.7. The highest BCUT2D eigenvalue weighted by Crippen LogP contribution is 2.36. The van der Waals surface area contributed by atoms with E-state index < -0.39 is 50.1 Å². The molecule has 0 saturated carbocycles. The molecule has 1 aliphatic carbocycles. The van der Waals surface area contributed by atoms with Gasteiger partial charge in [-0.05, 0) is 28.8 Å². The van der Waals surface area contributed by atoms with Gasteiger partial charge in [0, 0.05) is 49.5 Å². The minimum Gasteiger partial charge on any atom is -0.506 e. The number of carbonyl (C=O) groups is 3. The number of hydrogen-bond acceptors (Lipinski definition) is 7. The fourth-order valence-electron chi connectivity index (χ4n) is 4.51. The van der Waals surface area contributed by atoms with Crippen LogP contribution in [-0.4, -0.2) is 49.9 Å². The van der Waals surface area contributed by atoms with Crippen molar-refractivity contribution in [2.24, 2.45) is 0 Å². The van der Waals surface area contributed by atoms with E-state index in [0.29, 0.717) is 23.4 Å². The minimum absolute atomic E-state index is 0.101. The van der Waals surface area contributed by atoms with Crippen molar-refractivity contribution in [3.8, 4) is 0 Å². The number of halogens is 1. The molecular formula is C29H26FNO6S.